The maximum Gasteiger partial charge on any atom is 0.573 e. The van der Waals surface area contributed by atoms with Crippen molar-refractivity contribution in [3.05, 3.63) is 51.7 Å². The average Bonchev–Trinajstić information content (AvgIpc) is 2.76. The van der Waals surface area contributed by atoms with Gasteiger partial charge >= 0.3 is 6.36 Å². The van der Waals surface area contributed by atoms with Crippen molar-refractivity contribution >= 4 is 17.1 Å². The highest BCUT2D eigenvalue weighted by Gasteiger charge is 2.30. The van der Waals surface area contributed by atoms with Gasteiger partial charge in [0.2, 0.25) is 0 Å². The van der Waals surface area contributed by atoms with Gasteiger partial charge in [-0.2, -0.15) is 11.3 Å². The Morgan fingerprint density at radius 2 is 1.85 bits per heavy atom. The van der Waals surface area contributed by atoms with Crippen molar-refractivity contribution in [1.82, 2.24) is 0 Å². The fourth-order valence-electron chi connectivity index (χ4n) is 1.74. The summed E-state index contributed by atoms with van der Waals surface area (Å²) >= 11 is 1.45. The van der Waals surface area contributed by atoms with Crippen LogP contribution in [0, 0.1) is 6.92 Å². The van der Waals surface area contributed by atoms with Crippen LogP contribution in [0.2, 0.25) is 0 Å². The Kier molecular flexibility index (Phi) is 4.13. The molecule has 0 saturated carbocycles. The minimum Gasteiger partial charge on any atom is -0.406 e. The third-order valence-corrected chi connectivity index (χ3v) is 3.54. The molecule has 1 aromatic carbocycles. The third-order valence-electron chi connectivity index (χ3n) is 2.68. The summed E-state index contributed by atoms with van der Waals surface area (Å²) in [5.41, 5.74) is 2.22. The number of carbonyl (C=O) groups excluding carboxylic acids is 1. The minimum atomic E-state index is -4.70. The highest BCUT2D eigenvalue weighted by atomic mass is 32.1. The lowest BCUT2D eigenvalue weighted by Crippen LogP contribution is -2.17. The van der Waals surface area contributed by atoms with Gasteiger partial charge in [-0.25, -0.2) is 0 Å². The number of hydrogen-bond acceptors (Lipinski definition) is 3. The molecule has 0 bridgehead atoms. The molecule has 0 radical (unpaired) electrons. The van der Waals surface area contributed by atoms with E-state index in [4.69, 9.17) is 0 Å². The predicted octanol–water partition coefficient (Wildman–Crippen LogP) is 4.38. The first-order valence-corrected chi connectivity index (χ1v) is 6.70. The highest BCUT2D eigenvalue weighted by Crippen LogP contribution is 2.23. The van der Waals surface area contributed by atoms with Gasteiger partial charge in [-0.3, -0.25) is 4.79 Å². The van der Waals surface area contributed by atoms with Crippen LogP contribution in [0.4, 0.5) is 13.2 Å². The topological polar surface area (TPSA) is 26.3 Å². The summed E-state index contributed by atoms with van der Waals surface area (Å²) in [5, 5.41) is 3.66. The Morgan fingerprint density at radius 3 is 2.35 bits per heavy atom. The molecule has 2 nitrogen and oxygen atoms in total. The van der Waals surface area contributed by atoms with Crippen molar-refractivity contribution in [1.29, 1.82) is 0 Å². The number of ether oxygens (including phenoxy) is 1. The first-order valence-electron chi connectivity index (χ1n) is 5.76. The quantitative estimate of drug-likeness (QED) is 0.783. The molecule has 0 amide bonds. The van der Waals surface area contributed by atoms with Gasteiger partial charge in [0.05, 0.1) is 0 Å². The highest BCUT2D eigenvalue weighted by molar-refractivity contribution is 7.08. The molecule has 20 heavy (non-hydrogen) atoms. The molecular formula is C14H11F3O2S. The summed E-state index contributed by atoms with van der Waals surface area (Å²) in [4.78, 5) is 12.0. The zero-order chi connectivity index (χ0) is 14.8. The second-order valence-corrected chi connectivity index (χ2v) is 5.00. The van der Waals surface area contributed by atoms with Crippen LogP contribution in [0.3, 0.4) is 0 Å². The van der Waals surface area contributed by atoms with Crippen LogP contribution in [0.25, 0.3) is 0 Å². The smallest absolute Gasteiger partial charge is 0.406 e. The van der Waals surface area contributed by atoms with E-state index >= 15 is 0 Å². The maximum absolute atomic E-state index is 12.0. The van der Waals surface area contributed by atoms with Crippen molar-refractivity contribution in [3.8, 4) is 5.75 Å². The van der Waals surface area contributed by atoms with Gasteiger partial charge in [0.25, 0.3) is 0 Å². The fraction of sp³-hybridized carbons (Fsp3) is 0.214. The zero-order valence-corrected chi connectivity index (χ0v) is 11.3. The molecule has 0 N–H and O–H groups in total. The van der Waals surface area contributed by atoms with Crippen LogP contribution < -0.4 is 4.74 Å². The van der Waals surface area contributed by atoms with E-state index < -0.39 is 6.36 Å². The van der Waals surface area contributed by atoms with Gasteiger partial charge in [-0.15, -0.1) is 13.2 Å². The number of aryl methyl sites for hydroxylation is 1. The lowest BCUT2D eigenvalue weighted by Gasteiger charge is -2.09. The zero-order valence-electron chi connectivity index (χ0n) is 10.5. The molecule has 0 aliphatic rings. The monoisotopic (exact) mass is 300 g/mol. The number of carbonyl (C=O) groups is 1. The van der Waals surface area contributed by atoms with E-state index in [1.165, 1.54) is 35.6 Å². The van der Waals surface area contributed by atoms with Crippen molar-refractivity contribution in [2.45, 2.75) is 19.7 Å². The Hall–Kier alpha value is -1.82. The molecule has 1 heterocycles. The summed E-state index contributed by atoms with van der Waals surface area (Å²) in [7, 11) is 0. The largest absolute Gasteiger partial charge is 0.573 e. The Morgan fingerprint density at radius 1 is 1.20 bits per heavy atom. The van der Waals surface area contributed by atoms with E-state index in [1.54, 1.807) is 5.38 Å². The molecule has 6 heteroatoms. The number of halogens is 3. The fourth-order valence-corrected chi connectivity index (χ4v) is 2.59. The molecule has 2 aromatic rings. The second-order valence-electron chi connectivity index (χ2n) is 4.26. The van der Waals surface area contributed by atoms with E-state index in [1.807, 2.05) is 12.3 Å². The van der Waals surface area contributed by atoms with E-state index in [2.05, 4.69) is 4.74 Å². The Balaban J connectivity index is 2.04. The van der Waals surface area contributed by atoms with Gasteiger partial charge in [-0.1, -0.05) is 12.1 Å². The van der Waals surface area contributed by atoms with Crippen LogP contribution in [0.1, 0.15) is 21.5 Å². The molecule has 0 fully saturated rings. The summed E-state index contributed by atoms with van der Waals surface area (Å²) in [5.74, 6) is -0.339. The molecule has 0 aliphatic carbocycles. The molecule has 0 atom stereocenters. The number of rotatable bonds is 4. The standard InChI is InChI=1S/C14H11F3O2S/c1-9-7-20-8-12(9)13(18)6-10-2-4-11(5-3-10)19-14(15,16)17/h2-5,7-8H,6H2,1H3. The normalized spacial score (nSPS) is 11.4. The van der Waals surface area contributed by atoms with Gasteiger partial charge < -0.3 is 4.74 Å². The summed E-state index contributed by atoms with van der Waals surface area (Å²) < 4.78 is 39.8. The van der Waals surface area contributed by atoms with Crippen LogP contribution >= 0.6 is 11.3 Å². The van der Waals surface area contributed by atoms with Crippen molar-refractivity contribution in [2.75, 3.05) is 0 Å². The van der Waals surface area contributed by atoms with Gasteiger partial charge in [0, 0.05) is 17.4 Å². The molecule has 2 rings (SSSR count). The van der Waals surface area contributed by atoms with Crippen LogP contribution in [-0.4, -0.2) is 12.1 Å². The molecule has 0 unspecified atom stereocenters. The van der Waals surface area contributed by atoms with Crippen LogP contribution in [-0.2, 0) is 6.42 Å². The molecular weight excluding hydrogens is 289 g/mol. The number of hydrogen-bond donors (Lipinski definition) is 0. The molecule has 0 aliphatic heterocycles. The molecule has 1 aromatic heterocycles. The van der Waals surface area contributed by atoms with E-state index in [0.29, 0.717) is 11.1 Å². The van der Waals surface area contributed by atoms with E-state index in [9.17, 15) is 18.0 Å². The van der Waals surface area contributed by atoms with Gasteiger partial charge in [-0.05, 0) is 35.6 Å². The minimum absolute atomic E-state index is 0.0479. The maximum atomic E-state index is 12.0. The van der Waals surface area contributed by atoms with Crippen LogP contribution in [0.15, 0.2) is 35.0 Å². The van der Waals surface area contributed by atoms with E-state index in [-0.39, 0.29) is 18.0 Å². The summed E-state index contributed by atoms with van der Waals surface area (Å²) in [6.07, 6.45) is -4.55. The van der Waals surface area contributed by atoms with Crippen molar-refractivity contribution in [2.24, 2.45) is 0 Å². The predicted molar refractivity (Wildman–Crippen MR) is 70.2 cm³/mol. The van der Waals surface area contributed by atoms with Crippen LogP contribution in [0.5, 0.6) is 5.75 Å². The SMILES string of the molecule is Cc1cscc1C(=O)Cc1ccc(OC(F)(F)F)cc1. The van der Waals surface area contributed by atoms with E-state index in [0.717, 1.165) is 5.56 Å². The first-order chi connectivity index (χ1) is 9.35. The average molecular weight is 300 g/mol. The number of thiophene rings is 1. The van der Waals surface area contributed by atoms with Gasteiger partial charge in [0.15, 0.2) is 5.78 Å². The number of Topliss-reactive ketones (excluding diaryl/α,β-unsaturated/α-hetero) is 1. The molecule has 0 spiro atoms. The van der Waals surface area contributed by atoms with Crippen molar-refractivity contribution in [3.63, 3.8) is 0 Å². The lowest BCUT2D eigenvalue weighted by atomic mass is 10.0. The number of ketones is 1. The first kappa shape index (κ1) is 14.6. The van der Waals surface area contributed by atoms with Gasteiger partial charge in [0.1, 0.15) is 5.75 Å². The molecule has 106 valence electrons. The summed E-state index contributed by atoms with van der Waals surface area (Å²) in [6.45, 7) is 1.85. The summed E-state index contributed by atoms with van der Waals surface area (Å²) in [6, 6.07) is 5.33. The number of alkyl halides is 3. The molecule has 0 saturated heterocycles. The Bertz CT molecular complexity index is 600. The Labute approximate surface area is 117 Å². The lowest BCUT2D eigenvalue weighted by molar-refractivity contribution is -0.274. The number of benzene rings is 1. The second kappa shape index (κ2) is 5.66. The third kappa shape index (κ3) is 3.84. The van der Waals surface area contributed by atoms with Crippen molar-refractivity contribution < 1.29 is 22.7 Å².